The number of hydrogen-bond acceptors (Lipinski definition) is 3. The van der Waals surface area contributed by atoms with Crippen molar-refractivity contribution in [3.63, 3.8) is 0 Å². The van der Waals surface area contributed by atoms with Gasteiger partial charge in [-0.2, -0.15) is 5.10 Å². The number of anilines is 1. The van der Waals surface area contributed by atoms with Crippen LogP contribution in [0.25, 0.3) is 0 Å². The van der Waals surface area contributed by atoms with Gasteiger partial charge in [0.15, 0.2) is 0 Å². The smallest absolute Gasteiger partial charge is 0.0727 e. The fourth-order valence-electron chi connectivity index (χ4n) is 0.924. The van der Waals surface area contributed by atoms with Gasteiger partial charge in [0.05, 0.1) is 18.5 Å². The molecule has 0 amide bonds. The van der Waals surface area contributed by atoms with Gasteiger partial charge < -0.3 is 10.1 Å². The van der Waals surface area contributed by atoms with Crippen molar-refractivity contribution in [2.24, 2.45) is 7.05 Å². The van der Waals surface area contributed by atoms with E-state index in [1.807, 2.05) is 20.2 Å². The summed E-state index contributed by atoms with van der Waals surface area (Å²) >= 11 is 0. The molecule has 0 bridgehead atoms. The average Bonchev–Trinajstić information content (AvgIpc) is 2.45. The summed E-state index contributed by atoms with van der Waals surface area (Å²) in [6.45, 7) is 4.34. The molecule has 0 radical (unpaired) electrons. The SMILES string of the molecule is CCOCCNc1cnn(C)c1. The first kappa shape index (κ1) is 9.06. The van der Waals surface area contributed by atoms with Crippen LogP contribution in [0.4, 0.5) is 5.69 Å². The lowest BCUT2D eigenvalue weighted by atomic mass is 10.5. The molecular weight excluding hydrogens is 154 g/mol. The van der Waals surface area contributed by atoms with Crippen LogP contribution in [0.1, 0.15) is 6.92 Å². The minimum atomic E-state index is 0.741. The van der Waals surface area contributed by atoms with Gasteiger partial charge in [-0.3, -0.25) is 4.68 Å². The minimum Gasteiger partial charge on any atom is -0.380 e. The highest BCUT2D eigenvalue weighted by Crippen LogP contribution is 2.01. The molecule has 0 aromatic carbocycles. The molecule has 68 valence electrons. The minimum absolute atomic E-state index is 0.741. The summed E-state index contributed by atoms with van der Waals surface area (Å²) in [6.07, 6.45) is 3.73. The van der Waals surface area contributed by atoms with Crippen molar-refractivity contribution in [2.45, 2.75) is 6.92 Å². The van der Waals surface area contributed by atoms with Crippen molar-refractivity contribution >= 4 is 5.69 Å². The third kappa shape index (κ3) is 2.92. The number of nitrogens with zero attached hydrogens (tertiary/aromatic N) is 2. The first-order chi connectivity index (χ1) is 5.83. The Morgan fingerprint density at radius 3 is 3.08 bits per heavy atom. The molecule has 0 saturated carbocycles. The van der Waals surface area contributed by atoms with Crippen molar-refractivity contribution in [2.75, 3.05) is 25.1 Å². The Bertz CT molecular complexity index is 222. The van der Waals surface area contributed by atoms with Gasteiger partial charge in [-0.25, -0.2) is 0 Å². The largest absolute Gasteiger partial charge is 0.380 e. The van der Waals surface area contributed by atoms with Crippen LogP contribution in [-0.2, 0) is 11.8 Å². The average molecular weight is 169 g/mol. The van der Waals surface area contributed by atoms with Gasteiger partial charge in [-0.15, -0.1) is 0 Å². The summed E-state index contributed by atoms with van der Waals surface area (Å²) in [5, 5.41) is 7.22. The van der Waals surface area contributed by atoms with E-state index in [9.17, 15) is 0 Å². The van der Waals surface area contributed by atoms with Crippen molar-refractivity contribution < 1.29 is 4.74 Å². The zero-order valence-corrected chi connectivity index (χ0v) is 7.58. The second-order valence-corrected chi connectivity index (χ2v) is 2.53. The lowest BCUT2D eigenvalue weighted by Crippen LogP contribution is -2.08. The summed E-state index contributed by atoms with van der Waals surface area (Å²) in [5.74, 6) is 0. The number of ether oxygens (including phenoxy) is 1. The van der Waals surface area contributed by atoms with E-state index >= 15 is 0 Å². The Kier molecular flexibility index (Phi) is 3.60. The zero-order chi connectivity index (χ0) is 8.81. The van der Waals surface area contributed by atoms with E-state index < -0.39 is 0 Å². The van der Waals surface area contributed by atoms with Crippen LogP contribution in [0.3, 0.4) is 0 Å². The van der Waals surface area contributed by atoms with Gasteiger partial charge in [0.25, 0.3) is 0 Å². The monoisotopic (exact) mass is 169 g/mol. The molecule has 4 nitrogen and oxygen atoms in total. The van der Waals surface area contributed by atoms with Crippen LogP contribution < -0.4 is 5.32 Å². The molecule has 1 aromatic rings. The second kappa shape index (κ2) is 4.77. The number of rotatable bonds is 5. The summed E-state index contributed by atoms with van der Waals surface area (Å²) in [5.41, 5.74) is 1.04. The van der Waals surface area contributed by atoms with Gasteiger partial charge in [0.2, 0.25) is 0 Å². The zero-order valence-electron chi connectivity index (χ0n) is 7.58. The first-order valence-corrected chi connectivity index (χ1v) is 4.13. The number of nitrogens with one attached hydrogen (secondary N) is 1. The van der Waals surface area contributed by atoms with E-state index in [4.69, 9.17) is 4.74 Å². The maximum atomic E-state index is 5.17. The fourth-order valence-corrected chi connectivity index (χ4v) is 0.924. The normalized spacial score (nSPS) is 10.2. The van der Waals surface area contributed by atoms with Crippen LogP contribution in [-0.4, -0.2) is 29.5 Å². The summed E-state index contributed by atoms with van der Waals surface area (Å²) < 4.78 is 6.94. The van der Waals surface area contributed by atoms with E-state index in [2.05, 4.69) is 10.4 Å². The quantitative estimate of drug-likeness (QED) is 0.665. The van der Waals surface area contributed by atoms with Crippen molar-refractivity contribution in [3.8, 4) is 0 Å². The molecule has 0 fully saturated rings. The highest BCUT2D eigenvalue weighted by Gasteiger charge is 1.92. The predicted octanol–water partition coefficient (Wildman–Crippen LogP) is 0.868. The Balaban J connectivity index is 2.15. The molecule has 0 aliphatic heterocycles. The van der Waals surface area contributed by atoms with Gasteiger partial charge >= 0.3 is 0 Å². The third-order valence-electron chi connectivity index (χ3n) is 1.48. The van der Waals surface area contributed by atoms with E-state index in [1.54, 1.807) is 10.9 Å². The number of aryl methyl sites for hydroxylation is 1. The Morgan fingerprint density at radius 1 is 1.67 bits per heavy atom. The van der Waals surface area contributed by atoms with Crippen LogP contribution in [0, 0.1) is 0 Å². The number of hydrogen-bond donors (Lipinski definition) is 1. The van der Waals surface area contributed by atoms with Gasteiger partial charge in [-0.1, -0.05) is 0 Å². The van der Waals surface area contributed by atoms with E-state index in [0.29, 0.717) is 0 Å². The third-order valence-corrected chi connectivity index (χ3v) is 1.48. The Hall–Kier alpha value is -1.03. The van der Waals surface area contributed by atoms with Crippen molar-refractivity contribution in [1.29, 1.82) is 0 Å². The lowest BCUT2D eigenvalue weighted by molar-refractivity contribution is 0.158. The van der Waals surface area contributed by atoms with Crippen molar-refractivity contribution in [1.82, 2.24) is 9.78 Å². The van der Waals surface area contributed by atoms with Crippen LogP contribution in [0.15, 0.2) is 12.4 Å². The molecule has 12 heavy (non-hydrogen) atoms. The first-order valence-electron chi connectivity index (χ1n) is 4.13. The Morgan fingerprint density at radius 2 is 2.50 bits per heavy atom. The van der Waals surface area contributed by atoms with E-state index in [-0.39, 0.29) is 0 Å². The molecule has 1 rings (SSSR count). The van der Waals surface area contributed by atoms with Crippen LogP contribution >= 0.6 is 0 Å². The molecule has 4 heteroatoms. The highest BCUT2D eigenvalue weighted by molar-refractivity contribution is 5.37. The molecule has 0 atom stereocenters. The second-order valence-electron chi connectivity index (χ2n) is 2.53. The molecule has 0 aliphatic rings. The summed E-state index contributed by atoms with van der Waals surface area (Å²) in [4.78, 5) is 0. The lowest BCUT2D eigenvalue weighted by Gasteiger charge is -2.02. The topological polar surface area (TPSA) is 39.1 Å². The molecule has 1 heterocycles. The molecule has 0 saturated heterocycles. The molecule has 1 N–H and O–H groups in total. The van der Waals surface area contributed by atoms with Crippen LogP contribution in [0.2, 0.25) is 0 Å². The van der Waals surface area contributed by atoms with Gasteiger partial charge in [0, 0.05) is 26.4 Å². The highest BCUT2D eigenvalue weighted by atomic mass is 16.5. The van der Waals surface area contributed by atoms with E-state index in [1.165, 1.54) is 0 Å². The standard InChI is InChI=1S/C8H15N3O/c1-3-12-5-4-9-8-6-10-11(2)7-8/h6-7,9H,3-5H2,1-2H3. The summed E-state index contributed by atoms with van der Waals surface area (Å²) in [6, 6.07) is 0. The van der Waals surface area contributed by atoms with Gasteiger partial charge in [0.1, 0.15) is 0 Å². The maximum absolute atomic E-state index is 5.17. The summed E-state index contributed by atoms with van der Waals surface area (Å²) in [7, 11) is 1.90. The van der Waals surface area contributed by atoms with Crippen molar-refractivity contribution in [3.05, 3.63) is 12.4 Å². The maximum Gasteiger partial charge on any atom is 0.0727 e. The Labute approximate surface area is 72.5 Å². The predicted molar refractivity (Wildman–Crippen MR) is 48.2 cm³/mol. The fraction of sp³-hybridized carbons (Fsp3) is 0.625. The molecule has 0 spiro atoms. The number of aromatic nitrogens is 2. The molecule has 0 unspecified atom stereocenters. The van der Waals surface area contributed by atoms with Gasteiger partial charge in [-0.05, 0) is 6.92 Å². The van der Waals surface area contributed by atoms with E-state index in [0.717, 1.165) is 25.4 Å². The molecular formula is C8H15N3O. The molecule has 1 aromatic heterocycles. The van der Waals surface area contributed by atoms with Crippen LogP contribution in [0.5, 0.6) is 0 Å². The molecule has 0 aliphatic carbocycles.